The summed E-state index contributed by atoms with van der Waals surface area (Å²) < 4.78 is 5.47. The van der Waals surface area contributed by atoms with Gasteiger partial charge >= 0.3 is 0 Å². The second-order valence-corrected chi connectivity index (χ2v) is 4.97. The van der Waals surface area contributed by atoms with Gasteiger partial charge in [0, 0.05) is 23.2 Å². The van der Waals surface area contributed by atoms with Crippen molar-refractivity contribution in [1.29, 1.82) is 0 Å². The molecule has 96 valence electrons. The van der Waals surface area contributed by atoms with Crippen LogP contribution in [0.5, 0.6) is 5.75 Å². The Morgan fingerprint density at radius 3 is 2.94 bits per heavy atom. The topological polar surface area (TPSA) is 47.3 Å². The number of nitrogen functional groups attached to an aromatic ring is 1. The maximum absolute atomic E-state index is 5.83. The molecule has 0 spiro atoms. The van der Waals surface area contributed by atoms with Gasteiger partial charge in [0.25, 0.3) is 0 Å². The molecule has 3 N–H and O–H groups in total. The van der Waals surface area contributed by atoms with Crippen molar-refractivity contribution >= 4 is 22.7 Å². The van der Waals surface area contributed by atoms with Crippen molar-refractivity contribution in [3.05, 3.63) is 40.6 Å². The van der Waals surface area contributed by atoms with Gasteiger partial charge in [0.2, 0.25) is 0 Å². The van der Waals surface area contributed by atoms with Crippen molar-refractivity contribution in [3.63, 3.8) is 0 Å². The first-order valence-corrected chi connectivity index (χ1v) is 6.96. The second kappa shape index (κ2) is 6.31. The molecule has 0 amide bonds. The molecular formula is C14H18N2OS. The SMILES string of the molecule is CCOc1cc(NCCc2cccs2)ccc1N. The van der Waals surface area contributed by atoms with Crippen LogP contribution in [0.2, 0.25) is 0 Å². The van der Waals surface area contributed by atoms with Crippen molar-refractivity contribution in [2.45, 2.75) is 13.3 Å². The summed E-state index contributed by atoms with van der Waals surface area (Å²) in [5.41, 5.74) is 7.56. The number of benzene rings is 1. The Morgan fingerprint density at radius 1 is 1.33 bits per heavy atom. The summed E-state index contributed by atoms with van der Waals surface area (Å²) in [5.74, 6) is 0.749. The summed E-state index contributed by atoms with van der Waals surface area (Å²) in [6.07, 6.45) is 1.03. The third-order valence-corrected chi connectivity index (χ3v) is 3.53. The van der Waals surface area contributed by atoms with Crippen LogP contribution >= 0.6 is 11.3 Å². The van der Waals surface area contributed by atoms with Gasteiger partial charge in [-0.3, -0.25) is 0 Å². The standard InChI is InChI=1S/C14H18N2OS/c1-2-17-14-10-11(5-6-13(14)15)16-8-7-12-4-3-9-18-12/h3-6,9-10,16H,2,7-8,15H2,1H3. The Morgan fingerprint density at radius 2 is 2.22 bits per heavy atom. The minimum Gasteiger partial charge on any atom is -0.492 e. The maximum Gasteiger partial charge on any atom is 0.144 e. The molecule has 0 saturated carbocycles. The summed E-state index contributed by atoms with van der Waals surface area (Å²) in [5, 5.41) is 5.48. The first-order valence-electron chi connectivity index (χ1n) is 6.08. The van der Waals surface area contributed by atoms with E-state index < -0.39 is 0 Å². The molecule has 0 unspecified atom stereocenters. The molecule has 2 rings (SSSR count). The lowest BCUT2D eigenvalue weighted by atomic mass is 10.2. The Labute approximate surface area is 112 Å². The fourth-order valence-corrected chi connectivity index (χ4v) is 2.42. The molecular weight excluding hydrogens is 244 g/mol. The number of nitrogens with one attached hydrogen (secondary N) is 1. The fourth-order valence-electron chi connectivity index (χ4n) is 1.71. The lowest BCUT2D eigenvalue weighted by Crippen LogP contribution is -2.05. The molecule has 0 radical (unpaired) electrons. The molecule has 0 aliphatic carbocycles. The van der Waals surface area contributed by atoms with E-state index in [9.17, 15) is 0 Å². The van der Waals surface area contributed by atoms with Gasteiger partial charge in [-0.2, -0.15) is 0 Å². The highest BCUT2D eigenvalue weighted by molar-refractivity contribution is 7.09. The van der Waals surface area contributed by atoms with E-state index in [2.05, 4.69) is 22.8 Å². The first kappa shape index (κ1) is 12.8. The highest BCUT2D eigenvalue weighted by Gasteiger charge is 2.01. The lowest BCUT2D eigenvalue weighted by Gasteiger charge is -2.10. The number of hydrogen-bond donors (Lipinski definition) is 2. The average Bonchev–Trinajstić information content (AvgIpc) is 2.87. The minimum atomic E-state index is 0.628. The highest BCUT2D eigenvalue weighted by Crippen LogP contribution is 2.25. The van der Waals surface area contributed by atoms with E-state index in [0.717, 1.165) is 24.4 Å². The van der Waals surface area contributed by atoms with Crippen LogP contribution in [0, 0.1) is 0 Å². The Bertz CT molecular complexity index is 483. The van der Waals surface area contributed by atoms with Crippen LogP contribution in [0.15, 0.2) is 35.7 Å². The number of anilines is 2. The Hall–Kier alpha value is -1.68. The molecule has 0 atom stereocenters. The monoisotopic (exact) mass is 262 g/mol. The van der Waals surface area contributed by atoms with Gasteiger partial charge in [0.05, 0.1) is 12.3 Å². The van der Waals surface area contributed by atoms with Crippen molar-refractivity contribution in [2.24, 2.45) is 0 Å². The maximum atomic E-state index is 5.83. The zero-order valence-corrected chi connectivity index (χ0v) is 11.3. The predicted octanol–water partition coefficient (Wildman–Crippen LogP) is 3.38. The molecule has 0 aliphatic heterocycles. The van der Waals surface area contributed by atoms with E-state index in [0.29, 0.717) is 12.3 Å². The molecule has 1 aromatic carbocycles. The molecule has 3 nitrogen and oxygen atoms in total. The summed E-state index contributed by atoms with van der Waals surface area (Å²) in [4.78, 5) is 1.39. The van der Waals surface area contributed by atoms with Gasteiger partial charge in [-0.05, 0) is 36.9 Å². The smallest absolute Gasteiger partial charge is 0.144 e. The van der Waals surface area contributed by atoms with Gasteiger partial charge in [0.15, 0.2) is 0 Å². The van der Waals surface area contributed by atoms with Crippen LogP contribution in [0.25, 0.3) is 0 Å². The second-order valence-electron chi connectivity index (χ2n) is 3.94. The minimum absolute atomic E-state index is 0.628. The van der Waals surface area contributed by atoms with Gasteiger partial charge in [-0.25, -0.2) is 0 Å². The largest absolute Gasteiger partial charge is 0.492 e. The van der Waals surface area contributed by atoms with Crippen molar-refractivity contribution in [1.82, 2.24) is 0 Å². The quantitative estimate of drug-likeness (QED) is 0.784. The van der Waals surface area contributed by atoms with E-state index in [1.165, 1.54) is 4.88 Å². The summed E-state index contributed by atoms with van der Waals surface area (Å²) >= 11 is 1.79. The molecule has 1 heterocycles. The molecule has 0 aliphatic rings. The van der Waals surface area contributed by atoms with E-state index in [4.69, 9.17) is 10.5 Å². The number of nitrogens with two attached hydrogens (primary N) is 1. The van der Waals surface area contributed by atoms with Gasteiger partial charge in [-0.15, -0.1) is 11.3 Å². The third-order valence-electron chi connectivity index (χ3n) is 2.59. The van der Waals surface area contributed by atoms with Gasteiger partial charge < -0.3 is 15.8 Å². The lowest BCUT2D eigenvalue weighted by molar-refractivity contribution is 0.342. The van der Waals surface area contributed by atoms with E-state index in [1.807, 2.05) is 25.1 Å². The Balaban J connectivity index is 1.90. The van der Waals surface area contributed by atoms with Crippen LogP contribution in [0.1, 0.15) is 11.8 Å². The van der Waals surface area contributed by atoms with Crippen LogP contribution in [0.4, 0.5) is 11.4 Å². The normalized spacial score (nSPS) is 10.3. The molecule has 4 heteroatoms. The molecule has 0 saturated heterocycles. The van der Waals surface area contributed by atoms with E-state index >= 15 is 0 Å². The van der Waals surface area contributed by atoms with Crippen LogP contribution in [-0.4, -0.2) is 13.2 Å². The fraction of sp³-hybridized carbons (Fsp3) is 0.286. The van der Waals surface area contributed by atoms with Crippen molar-refractivity contribution < 1.29 is 4.74 Å². The third kappa shape index (κ3) is 3.40. The molecule has 0 bridgehead atoms. The van der Waals surface area contributed by atoms with Crippen LogP contribution < -0.4 is 15.8 Å². The molecule has 1 aromatic heterocycles. The summed E-state index contributed by atoms with van der Waals surface area (Å²) in [6, 6.07) is 10.0. The number of rotatable bonds is 6. The van der Waals surface area contributed by atoms with Crippen molar-refractivity contribution in [2.75, 3.05) is 24.2 Å². The predicted molar refractivity (Wildman–Crippen MR) is 78.5 cm³/mol. The van der Waals surface area contributed by atoms with E-state index in [1.54, 1.807) is 11.3 Å². The highest BCUT2D eigenvalue weighted by atomic mass is 32.1. The number of ether oxygens (including phenoxy) is 1. The zero-order chi connectivity index (χ0) is 12.8. The van der Waals surface area contributed by atoms with Crippen LogP contribution in [-0.2, 0) is 6.42 Å². The first-order chi connectivity index (χ1) is 8.79. The van der Waals surface area contributed by atoms with Gasteiger partial charge in [0.1, 0.15) is 5.75 Å². The number of hydrogen-bond acceptors (Lipinski definition) is 4. The molecule has 2 aromatic rings. The van der Waals surface area contributed by atoms with Crippen molar-refractivity contribution in [3.8, 4) is 5.75 Å². The Kier molecular flexibility index (Phi) is 4.47. The average molecular weight is 262 g/mol. The van der Waals surface area contributed by atoms with Crippen LogP contribution in [0.3, 0.4) is 0 Å². The van der Waals surface area contributed by atoms with Gasteiger partial charge in [-0.1, -0.05) is 6.07 Å². The summed E-state index contributed by atoms with van der Waals surface area (Å²) in [7, 11) is 0. The zero-order valence-electron chi connectivity index (χ0n) is 10.5. The molecule has 0 fully saturated rings. The summed E-state index contributed by atoms with van der Waals surface area (Å²) in [6.45, 7) is 3.50. The van der Waals surface area contributed by atoms with E-state index in [-0.39, 0.29) is 0 Å². The molecule has 18 heavy (non-hydrogen) atoms. The number of thiophene rings is 1.